The van der Waals surface area contributed by atoms with E-state index in [9.17, 15) is 0 Å². The molecule has 2 heterocycles. The van der Waals surface area contributed by atoms with Crippen LogP contribution in [-0.4, -0.2) is 28.8 Å². The molecule has 21 heavy (non-hydrogen) atoms. The lowest BCUT2D eigenvalue weighted by Crippen LogP contribution is -2.35. The monoisotopic (exact) mass is 290 g/mol. The minimum Gasteiger partial charge on any atom is -0.355 e. The smallest absolute Gasteiger partial charge is 0.151 e. The second kappa shape index (κ2) is 7.21. The standard InChI is InChI=1S/C17H30N4/c1-5-14-7-6-11-21(12-10-14)16-9-8-15(19-20-16)13-18-17(2,3)4/h8-9,14,18H,5-7,10-13H2,1-4H3. The lowest BCUT2D eigenvalue weighted by Gasteiger charge is -2.22. The van der Waals surface area contributed by atoms with Crippen molar-refractivity contribution in [2.75, 3.05) is 18.0 Å². The molecule has 0 aliphatic carbocycles. The number of rotatable bonds is 4. The van der Waals surface area contributed by atoms with E-state index in [-0.39, 0.29) is 5.54 Å². The average molecular weight is 290 g/mol. The Morgan fingerprint density at radius 1 is 1.19 bits per heavy atom. The van der Waals surface area contributed by atoms with Gasteiger partial charge in [0, 0.05) is 25.2 Å². The van der Waals surface area contributed by atoms with Crippen molar-refractivity contribution in [1.82, 2.24) is 15.5 Å². The molecule has 0 spiro atoms. The number of hydrogen-bond acceptors (Lipinski definition) is 4. The maximum absolute atomic E-state index is 4.43. The molecule has 4 heteroatoms. The highest BCUT2D eigenvalue weighted by Gasteiger charge is 2.17. The molecule has 2 rings (SSSR count). The molecule has 1 aliphatic rings. The van der Waals surface area contributed by atoms with Crippen molar-refractivity contribution < 1.29 is 0 Å². The van der Waals surface area contributed by atoms with Gasteiger partial charge < -0.3 is 10.2 Å². The summed E-state index contributed by atoms with van der Waals surface area (Å²) in [6.07, 6.45) is 5.21. The maximum Gasteiger partial charge on any atom is 0.151 e. The van der Waals surface area contributed by atoms with E-state index >= 15 is 0 Å². The van der Waals surface area contributed by atoms with Gasteiger partial charge >= 0.3 is 0 Å². The average Bonchev–Trinajstić information content (AvgIpc) is 2.70. The minimum atomic E-state index is 0.111. The van der Waals surface area contributed by atoms with Gasteiger partial charge in [-0.2, -0.15) is 5.10 Å². The van der Waals surface area contributed by atoms with E-state index in [1.807, 2.05) is 0 Å². The largest absolute Gasteiger partial charge is 0.355 e. The second-order valence-corrected chi connectivity index (χ2v) is 7.18. The van der Waals surface area contributed by atoms with E-state index in [0.717, 1.165) is 37.1 Å². The van der Waals surface area contributed by atoms with E-state index < -0.39 is 0 Å². The van der Waals surface area contributed by atoms with E-state index in [1.54, 1.807) is 0 Å². The van der Waals surface area contributed by atoms with Crippen LogP contribution in [0.4, 0.5) is 5.82 Å². The van der Waals surface area contributed by atoms with Gasteiger partial charge in [-0.15, -0.1) is 5.10 Å². The summed E-state index contributed by atoms with van der Waals surface area (Å²) >= 11 is 0. The SMILES string of the molecule is CCC1CCCN(c2ccc(CNC(C)(C)C)nn2)CC1. The van der Waals surface area contributed by atoms with Gasteiger partial charge in [0.05, 0.1) is 5.69 Å². The number of anilines is 1. The number of nitrogens with zero attached hydrogens (tertiary/aromatic N) is 3. The van der Waals surface area contributed by atoms with Crippen LogP contribution in [0.5, 0.6) is 0 Å². The summed E-state index contributed by atoms with van der Waals surface area (Å²) in [5.41, 5.74) is 1.12. The van der Waals surface area contributed by atoms with Gasteiger partial charge in [0.25, 0.3) is 0 Å². The Kier molecular flexibility index (Phi) is 5.57. The lowest BCUT2D eigenvalue weighted by molar-refractivity contribution is 0.420. The molecule has 1 aromatic heterocycles. The van der Waals surface area contributed by atoms with Gasteiger partial charge in [0.1, 0.15) is 0 Å². The van der Waals surface area contributed by atoms with Crippen LogP contribution in [0.2, 0.25) is 0 Å². The Balaban J connectivity index is 1.92. The van der Waals surface area contributed by atoms with Gasteiger partial charge in [-0.3, -0.25) is 0 Å². The van der Waals surface area contributed by atoms with Crippen molar-refractivity contribution in [3.8, 4) is 0 Å². The third-order valence-electron chi connectivity index (χ3n) is 4.25. The highest BCUT2D eigenvalue weighted by Crippen LogP contribution is 2.23. The van der Waals surface area contributed by atoms with Crippen LogP contribution in [-0.2, 0) is 6.54 Å². The maximum atomic E-state index is 4.43. The van der Waals surface area contributed by atoms with E-state index in [1.165, 1.54) is 25.7 Å². The predicted molar refractivity (Wildman–Crippen MR) is 88.5 cm³/mol. The summed E-state index contributed by atoms with van der Waals surface area (Å²) in [5, 5.41) is 12.2. The van der Waals surface area contributed by atoms with Crippen LogP contribution >= 0.6 is 0 Å². The summed E-state index contributed by atoms with van der Waals surface area (Å²) in [7, 11) is 0. The third kappa shape index (κ3) is 5.27. The Morgan fingerprint density at radius 2 is 2.00 bits per heavy atom. The van der Waals surface area contributed by atoms with Crippen molar-refractivity contribution >= 4 is 5.82 Å². The number of aromatic nitrogens is 2. The molecule has 1 atom stereocenters. The zero-order valence-corrected chi connectivity index (χ0v) is 14.0. The van der Waals surface area contributed by atoms with Gasteiger partial charge in [-0.1, -0.05) is 13.3 Å². The summed E-state index contributed by atoms with van der Waals surface area (Å²) in [6.45, 7) is 11.8. The molecule has 0 bridgehead atoms. The van der Waals surface area contributed by atoms with Crippen molar-refractivity contribution in [3.63, 3.8) is 0 Å². The first-order valence-corrected chi connectivity index (χ1v) is 8.30. The third-order valence-corrected chi connectivity index (χ3v) is 4.25. The summed E-state index contributed by atoms with van der Waals surface area (Å²) < 4.78 is 0. The number of hydrogen-bond donors (Lipinski definition) is 1. The molecule has 1 N–H and O–H groups in total. The van der Waals surface area contributed by atoms with Gasteiger partial charge in [0.2, 0.25) is 0 Å². The molecule has 0 amide bonds. The molecular weight excluding hydrogens is 260 g/mol. The first-order chi connectivity index (χ1) is 9.98. The fourth-order valence-corrected chi connectivity index (χ4v) is 2.77. The van der Waals surface area contributed by atoms with Gasteiger partial charge in [-0.25, -0.2) is 0 Å². The quantitative estimate of drug-likeness (QED) is 0.923. The zero-order chi connectivity index (χ0) is 15.3. The lowest BCUT2D eigenvalue weighted by atomic mass is 9.98. The van der Waals surface area contributed by atoms with Crippen molar-refractivity contribution in [2.45, 2.75) is 65.5 Å². The molecule has 1 aromatic rings. The summed E-state index contributed by atoms with van der Waals surface area (Å²) in [4.78, 5) is 2.39. The van der Waals surface area contributed by atoms with E-state index in [2.05, 4.69) is 60.2 Å². The fourth-order valence-electron chi connectivity index (χ4n) is 2.77. The van der Waals surface area contributed by atoms with Crippen molar-refractivity contribution in [3.05, 3.63) is 17.8 Å². The van der Waals surface area contributed by atoms with E-state index in [4.69, 9.17) is 0 Å². The Labute approximate surface area is 129 Å². The minimum absolute atomic E-state index is 0.111. The predicted octanol–water partition coefficient (Wildman–Crippen LogP) is 3.38. The van der Waals surface area contributed by atoms with Crippen LogP contribution in [0.15, 0.2) is 12.1 Å². The molecule has 0 radical (unpaired) electrons. The second-order valence-electron chi connectivity index (χ2n) is 7.18. The van der Waals surface area contributed by atoms with Crippen LogP contribution in [0, 0.1) is 5.92 Å². The summed E-state index contributed by atoms with van der Waals surface area (Å²) in [5.74, 6) is 1.92. The normalized spacial score (nSPS) is 20.4. The molecule has 0 saturated carbocycles. The highest BCUT2D eigenvalue weighted by atomic mass is 15.3. The first kappa shape index (κ1) is 16.2. The Morgan fingerprint density at radius 3 is 2.62 bits per heavy atom. The van der Waals surface area contributed by atoms with Gasteiger partial charge in [0.15, 0.2) is 5.82 Å². The molecule has 1 unspecified atom stereocenters. The fraction of sp³-hybridized carbons (Fsp3) is 0.765. The van der Waals surface area contributed by atoms with Crippen LogP contribution in [0.25, 0.3) is 0 Å². The molecule has 1 fully saturated rings. The summed E-state index contributed by atoms with van der Waals surface area (Å²) in [6, 6.07) is 4.22. The molecule has 1 saturated heterocycles. The van der Waals surface area contributed by atoms with Crippen LogP contribution in [0.3, 0.4) is 0 Å². The number of nitrogens with one attached hydrogen (secondary N) is 1. The molecular formula is C17H30N4. The molecule has 0 aromatic carbocycles. The van der Waals surface area contributed by atoms with Crippen molar-refractivity contribution in [2.24, 2.45) is 5.92 Å². The Bertz CT molecular complexity index is 421. The van der Waals surface area contributed by atoms with Crippen LogP contribution in [0.1, 0.15) is 59.1 Å². The van der Waals surface area contributed by atoms with Gasteiger partial charge in [-0.05, 0) is 58.1 Å². The van der Waals surface area contributed by atoms with E-state index in [0.29, 0.717) is 0 Å². The van der Waals surface area contributed by atoms with Crippen molar-refractivity contribution in [1.29, 1.82) is 0 Å². The Hall–Kier alpha value is -1.16. The molecule has 1 aliphatic heterocycles. The first-order valence-electron chi connectivity index (χ1n) is 8.30. The molecule has 118 valence electrons. The molecule has 4 nitrogen and oxygen atoms in total. The topological polar surface area (TPSA) is 41.0 Å². The zero-order valence-electron chi connectivity index (χ0n) is 14.0. The van der Waals surface area contributed by atoms with Crippen LogP contribution < -0.4 is 10.2 Å². The highest BCUT2D eigenvalue weighted by molar-refractivity contribution is 5.37.